The largest absolute Gasteiger partial charge is 0.490 e. The van der Waals surface area contributed by atoms with Gasteiger partial charge in [-0.05, 0) is 13.0 Å². The quantitative estimate of drug-likeness (QED) is 0.510. The smallest absolute Gasteiger partial charge is 0.387 e. The second-order valence-electron chi connectivity index (χ2n) is 6.85. The fourth-order valence-corrected chi connectivity index (χ4v) is 3.72. The van der Waals surface area contributed by atoms with Crippen molar-refractivity contribution in [2.24, 2.45) is 4.99 Å². The molecule has 156 valence electrons. The summed E-state index contributed by atoms with van der Waals surface area (Å²) in [5, 5.41) is 6.52. The van der Waals surface area contributed by atoms with E-state index in [-0.39, 0.29) is 5.75 Å². The number of alkyl halides is 2. The van der Waals surface area contributed by atoms with Crippen molar-refractivity contribution >= 4 is 5.96 Å². The Morgan fingerprint density at radius 1 is 1.25 bits per heavy atom. The van der Waals surface area contributed by atoms with Crippen LogP contribution >= 0.6 is 0 Å². The van der Waals surface area contributed by atoms with E-state index >= 15 is 0 Å². The lowest BCUT2D eigenvalue weighted by molar-refractivity contribution is -0.0520. The Balaban J connectivity index is 1.58. The third-order valence-corrected chi connectivity index (χ3v) is 5.13. The molecule has 1 atom stereocenters. The number of aliphatic imine (C=N–C) groups is 1. The third-order valence-electron chi connectivity index (χ3n) is 5.13. The lowest BCUT2D eigenvalue weighted by atomic mass is 10.1. The second-order valence-corrected chi connectivity index (χ2v) is 6.85. The number of ether oxygens (including phenoxy) is 2. The predicted molar refractivity (Wildman–Crippen MR) is 104 cm³/mol. The SMILES string of the molecule is CCOc1cccc(CNC(=NC)NCC2CN3CCN2CC3)c1OC(F)F. The van der Waals surface area contributed by atoms with E-state index in [1.54, 1.807) is 32.2 Å². The number of guanidine groups is 1. The number of halogens is 2. The molecule has 0 saturated carbocycles. The summed E-state index contributed by atoms with van der Waals surface area (Å²) in [4.78, 5) is 9.22. The van der Waals surface area contributed by atoms with Crippen LogP contribution in [0.15, 0.2) is 23.2 Å². The van der Waals surface area contributed by atoms with Gasteiger partial charge in [0, 0.05) is 64.5 Å². The van der Waals surface area contributed by atoms with E-state index in [0.717, 1.165) is 39.3 Å². The molecule has 2 N–H and O–H groups in total. The summed E-state index contributed by atoms with van der Waals surface area (Å²) in [5.41, 5.74) is 0.584. The number of nitrogens with zero attached hydrogens (tertiary/aromatic N) is 3. The summed E-state index contributed by atoms with van der Waals surface area (Å²) < 4.78 is 35.8. The number of benzene rings is 1. The van der Waals surface area contributed by atoms with Gasteiger partial charge in [0.15, 0.2) is 17.5 Å². The number of hydrogen-bond acceptors (Lipinski definition) is 5. The Labute approximate surface area is 164 Å². The van der Waals surface area contributed by atoms with Gasteiger partial charge in [-0.3, -0.25) is 14.8 Å². The van der Waals surface area contributed by atoms with E-state index in [1.807, 2.05) is 0 Å². The van der Waals surface area contributed by atoms with Crippen molar-refractivity contribution in [2.45, 2.75) is 26.1 Å². The van der Waals surface area contributed by atoms with Crippen molar-refractivity contribution in [1.29, 1.82) is 0 Å². The molecular weight excluding hydrogens is 368 g/mol. The molecule has 0 spiro atoms. The van der Waals surface area contributed by atoms with Crippen LogP contribution in [-0.4, -0.2) is 81.3 Å². The first-order valence-corrected chi connectivity index (χ1v) is 9.71. The summed E-state index contributed by atoms with van der Waals surface area (Å²) in [5.74, 6) is 0.999. The first-order valence-electron chi connectivity index (χ1n) is 9.71. The molecule has 0 aliphatic carbocycles. The van der Waals surface area contributed by atoms with Crippen LogP contribution in [0.4, 0.5) is 8.78 Å². The Morgan fingerprint density at radius 2 is 2.04 bits per heavy atom. The van der Waals surface area contributed by atoms with Gasteiger partial charge < -0.3 is 20.1 Å². The summed E-state index contributed by atoms with van der Waals surface area (Å²) in [6.45, 7) is 5.91. The molecule has 3 fully saturated rings. The van der Waals surface area contributed by atoms with E-state index in [2.05, 4.69) is 25.4 Å². The Kier molecular flexibility index (Phi) is 7.27. The molecule has 2 bridgehead atoms. The van der Waals surface area contributed by atoms with Crippen LogP contribution in [0.25, 0.3) is 0 Å². The van der Waals surface area contributed by atoms with Crippen LogP contribution in [-0.2, 0) is 6.54 Å². The maximum atomic E-state index is 12.8. The van der Waals surface area contributed by atoms with Crippen molar-refractivity contribution in [3.8, 4) is 11.5 Å². The first kappa shape index (κ1) is 20.6. The number of piperazine rings is 3. The summed E-state index contributed by atoms with van der Waals surface area (Å²) in [6.07, 6.45) is 0. The molecule has 3 heterocycles. The van der Waals surface area contributed by atoms with Crippen LogP contribution in [0.3, 0.4) is 0 Å². The van der Waals surface area contributed by atoms with Gasteiger partial charge in [-0.1, -0.05) is 12.1 Å². The minimum Gasteiger partial charge on any atom is -0.490 e. The third kappa shape index (κ3) is 5.23. The zero-order chi connectivity index (χ0) is 19.9. The average molecular weight is 397 g/mol. The van der Waals surface area contributed by atoms with E-state index in [9.17, 15) is 8.78 Å². The molecule has 1 aromatic rings. The van der Waals surface area contributed by atoms with Crippen molar-refractivity contribution in [2.75, 3.05) is 52.9 Å². The Hall–Kier alpha value is -2.13. The second kappa shape index (κ2) is 9.88. The van der Waals surface area contributed by atoms with Gasteiger partial charge in [0.1, 0.15) is 0 Å². The topological polar surface area (TPSA) is 61.4 Å². The van der Waals surface area contributed by atoms with Gasteiger partial charge >= 0.3 is 6.61 Å². The Bertz CT molecular complexity index is 666. The van der Waals surface area contributed by atoms with E-state index in [0.29, 0.717) is 36.5 Å². The minimum atomic E-state index is -2.91. The number of hydrogen-bond donors (Lipinski definition) is 2. The summed E-state index contributed by atoms with van der Waals surface area (Å²) >= 11 is 0. The summed E-state index contributed by atoms with van der Waals surface area (Å²) in [6, 6.07) is 5.58. The lowest BCUT2D eigenvalue weighted by Gasteiger charge is -2.47. The Morgan fingerprint density at radius 3 is 2.64 bits per heavy atom. The number of fused-ring (bicyclic) bond motifs is 3. The molecule has 3 aliphatic rings. The van der Waals surface area contributed by atoms with Crippen molar-refractivity contribution in [3.05, 3.63) is 23.8 Å². The lowest BCUT2D eigenvalue weighted by Crippen LogP contribution is -2.63. The monoisotopic (exact) mass is 397 g/mol. The molecular formula is C19H29F2N5O2. The predicted octanol–water partition coefficient (Wildman–Crippen LogP) is 1.35. The van der Waals surface area contributed by atoms with E-state index in [4.69, 9.17) is 9.47 Å². The highest BCUT2D eigenvalue weighted by Gasteiger charge is 2.31. The molecule has 1 aromatic carbocycles. The van der Waals surface area contributed by atoms with Gasteiger partial charge in [-0.2, -0.15) is 8.78 Å². The van der Waals surface area contributed by atoms with Crippen molar-refractivity contribution in [3.63, 3.8) is 0 Å². The highest BCUT2D eigenvalue weighted by atomic mass is 19.3. The first-order chi connectivity index (χ1) is 13.6. The average Bonchev–Trinajstić information content (AvgIpc) is 2.71. The zero-order valence-electron chi connectivity index (χ0n) is 16.5. The molecule has 9 heteroatoms. The summed E-state index contributed by atoms with van der Waals surface area (Å²) in [7, 11) is 1.69. The molecule has 28 heavy (non-hydrogen) atoms. The standard InChI is InChI=1S/C19H29F2N5O2/c1-3-27-16-6-4-5-14(17(16)28-18(20)21)11-23-19(22-2)24-12-15-13-25-7-9-26(15)10-8-25/h4-6,15,18H,3,7-13H2,1-2H3,(H2,22,23,24). The van der Waals surface area contributed by atoms with Crippen molar-refractivity contribution in [1.82, 2.24) is 20.4 Å². The van der Waals surface area contributed by atoms with Crippen LogP contribution in [0.2, 0.25) is 0 Å². The molecule has 0 amide bonds. The highest BCUT2D eigenvalue weighted by molar-refractivity contribution is 5.79. The molecule has 4 rings (SSSR count). The zero-order valence-corrected chi connectivity index (χ0v) is 16.5. The van der Waals surface area contributed by atoms with Gasteiger partial charge in [0.25, 0.3) is 0 Å². The minimum absolute atomic E-state index is 0.0609. The fourth-order valence-electron chi connectivity index (χ4n) is 3.72. The maximum Gasteiger partial charge on any atom is 0.387 e. The fraction of sp³-hybridized carbons (Fsp3) is 0.632. The van der Waals surface area contributed by atoms with Crippen LogP contribution in [0.5, 0.6) is 11.5 Å². The van der Waals surface area contributed by atoms with E-state index in [1.165, 1.54) is 0 Å². The van der Waals surface area contributed by atoms with Crippen LogP contribution < -0.4 is 20.1 Å². The van der Waals surface area contributed by atoms with Gasteiger partial charge in [0.2, 0.25) is 0 Å². The molecule has 3 saturated heterocycles. The molecule has 7 nitrogen and oxygen atoms in total. The van der Waals surface area contributed by atoms with E-state index < -0.39 is 6.61 Å². The number of rotatable bonds is 8. The van der Waals surface area contributed by atoms with Gasteiger partial charge in [0.05, 0.1) is 6.61 Å². The molecule has 3 aliphatic heterocycles. The number of nitrogens with one attached hydrogen (secondary N) is 2. The van der Waals surface area contributed by atoms with Crippen molar-refractivity contribution < 1.29 is 18.3 Å². The molecule has 0 aromatic heterocycles. The number of para-hydroxylation sites is 1. The normalized spacial score (nSPS) is 24.3. The van der Waals surface area contributed by atoms with Gasteiger partial charge in [-0.15, -0.1) is 0 Å². The maximum absolute atomic E-state index is 12.8. The van der Waals surface area contributed by atoms with Crippen LogP contribution in [0, 0.1) is 0 Å². The molecule has 1 unspecified atom stereocenters. The highest BCUT2D eigenvalue weighted by Crippen LogP contribution is 2.32. The molecule has 0 radical (unpaired) electrons. The van der Waals surface area contributed by atoms with Gasteiger partial charge in [-0.25, -0.2) is 0 Å². The van der Waals surface area contributed by atoms with Crippen LogP contribution in [0.1, 0.15) is 12.5 Å².